The van der Waals surface area contributed by atoms with Crippen molar-refractivity contribution in [1.82, 2.24) is 39.0 Å². The number of aliphatic hydroxyl groups excluding tert-OH is 4. The molecule has 2 aliphatic heterocycles. The molecule has 16 nitrogen and oxygen atoms in total. The van der Waals surface area contributed by atoms with Crippen LogP contribution >= 0.6 is 0 Å². The Balaban J connectivity index is 0.000000155. The summed E-state index contributed by atoms with van der Waals surface area (Å²) in [6.45, 7) is -0.941. The molecule has 0 saturated carbocycles. The minimum atomic E-state index is -1.69. The highest BCUT2D eigenvalue weighted by Gasteiger charge is 2.46. The second kappa shape index (κ2) is 10.2. The molecule has 8 N–H and O–H groups in total. The number of nitrogens with zero attached hydrogens (tertiary/aromatic N) is 8. The Kier molecular flexibility index (Phi) is 6.99. The van der Waals surface area contributed by atoms with Gasteiger partial charge in [0.15, 0.2) is 47.7 Å². The fraction of sp³-hybridized carbons (Fsp3) is 0.500. The molecule has 0 bridgehead atoms. The van der Waals surface area contributed by atoms with E-state index in [2.05, 4.69) is 29.9 Å². The highest BCUT2D eigenvalue weighted by Crippen LogP contribution is 2.35. The van der Waals surface area contributed by atoms with E-state index in [1.165, 1.54) is 34.4 Å². The van der Waals surface area contributed by atoms with Gasteiger partial charge in [-0.1, -0.05) is 0 Å². The quantitative estimate of drug-likeness (QED) is 0.165. The van der Waals surface area contributed by atoms with Crippen LogP contribution in [0.25, 0.3) is 22.3 Å². The Morgan fingerprint density at radius 3 is 1.45 bits per heavy atom. The maximum Gasteiger partial charge on any atom is 0.173 e. The van der Waals surface area contributed by atoms with Crippen molar-refractivity contribution in [2.75, 3.05) is 24.7 Å². The molecule has 38 heavy (non-hydrogen) atoms. The predicted molar refractivity (Wildman–Crippen MR) is 123 cm³/mol. The van der Waals surface area contributed by atoms with Gasteiger partial charge in [0.05, 0.1) is 25.9 Å². The number of nitrogens with two attached hydrogens (primary N) is 2. The highest BCUT2D eigenvalue weighted by atomic mass is 19.1. The van der Waals surface area contributed by atoms with Crippen molar-refractivity contribution < 1.29 is 38.7 Å². The van der Waals surface area contributed by atoms with Gasteiger partial charge in [0.1, 0.15) is 48.1 Å². The van der Waals surface area contributed by atoms with Crippen LogP contribution in [0.15, 0.2) is 25.3 Å². The van der Waals surface area contributed by atoms with Gasteiger partial charge in [0.25, 0.3) is 0 Å². The SMILES string of the molecule is Nc1ncnc2c1ncn2[C@@H]1O[C@H](CO)[C@@H](O)[C@H]1F.Nc1ncnc2c1ncn2[C@@H]1O[C@H](CO)[C@@H](O)[C@H]1F. The summed E-state index contributed by atoms with van der Waals surface area (Å²) in [4.78, 5) is 23.5. The van der Waals surface area contributed by atoms with Crippen LogP contribution in [0.1, 0.15) is 12.5 Å². The number of hydrogen-bond donors (Lipinski definition) is 6. The van der Waals surface area contributed by atoms with E-state index < -0.39 is 62.4 Å². The molecular weight excluding hydrogens is 514 g/mol. The molecular formula is C20H24F2N10O6. The van der Waals surface area contributed by atoms with Crippen molar-refractivity contribution in [2.24, 2.45) is 0 Å². The number of aromatic nitrogens is 8. The van der Waals surface area contributed by atoms with Gasteiger partial charge in [0.2, 0.25) is 0 Å². The van der Waals surface area contributed by atoms with E-state index in [1.54, 1.807) is 0 Å². The monoisotopic (exact) mass is 538 g/mol. The van der Waals surface area contributed by atoms with E-state index in [4.69, 9.17) is 31.2 Å². The molecule has 8 atom stereocenters. The first-order chi connectivity index (χ1) is 18.3. The van der Waals surface area contributed by atoms with Gasteiger partial charge in [0, 0.05) is 0 Å². The minimum absolute atomic E-state index is 0.177. The van der Waals surface area contributed by atoms with Crippen molar-refractivity contribution in [3.63, 3.8) is 0 Å². The van der Waals surface area contributed by atoms with E-state index >= 15 is 0 Å². The smallest absolute Gasteiger partial charge is 0.173 e. The molecule has 2 saturated heterocycles. The summed E-state index contributed by atoms with van der Waals surface area (Å²) >= 11 is 0. The Morgan fingerprint density at radius 2 is 1.11 bits per heavy atom. The summed E-state index contributed by atoms with van der Waals surface area (Å²) in [5.41, 5.74) is 12.6. The highest BCUT2D eigenvalue weighted by molar-refractivity contribution is 5.81. The van der Waals surface area contributed by atoms with E-state index in [0.717, 1.165) is 0 Å². The third-order valence-corrected chi connectivity index (χ3v) is 6.27. The lowest BCUT2D eigenvalue weighted by atomic mass is 10.1. The molecule has 0 spiro atoms. The summed E-state index contributed by atoms with van der Waals surface area (Å²) < 4.78 is 41.2. The number of aliphatic hydroxyl groups is 4. The maximum absolute atomic E-state index is 14.0. The first kappa shape index (κ1) is 25.9. The van der Waals surface area contributed by atoms with Crippen LogP contribution in [-0.2, 0) is 9.47 Å². The second-order valence-electron chi connectivity index (χ2n) is 8.53. The summed E-state index contributed by atoms with van der Waals surface area (Å²) in [5.74, 6) is 0.354. The van der Waals surface area contributed by atoms with Gasteiger partial charge < -0.3 is 41.4 Å². The molecule has 204 valence electrons. The van der Waals surface area contributed by atoms with Crippen molar-refractivity contribution in [3.8, 4) is 0 Å². The largest absolute Gasteiger partial charge is 0.394 e. The first-order valence-electron chi connectivity index (χ1n) is 11.3. The number of rotatable bonds is 4. The van der Waals surface area contributed by atoms with Crippen molar-refractivity contribution >= 4 is 34.0 Å². The fourth-order valence-electron chi connectivity index (χ4n) is 4.27. The number of hydrogen-bond acceptors (Lipinski definition) is 14. The van der Waals surface area contributed by atoms with Gasteiger partial charge >= 0.3 is 0 Å². The lowest BCUT2D eigenvalue weighted by Gasteiger charge is -2.14. The predicted octanol–water partition coefficient (Wildman–Crippen LogP) is -2.01. The van der Waals surface area contributed by atoms with Gasteiger partial charge in [-0.15, -0.1) is 0 Å². The Labute approximate surface area is 211 Å². The molecule has 4 aromatic rings. The molecule has 0 aromatic carbocycles. The molecule has 6 heterocycles. The zero-order valence-corrected chi connectivity index (χ0v) is 19.4. The van der Waals surface area contributed by atoms with Crippen molar-refractivity contribution in [2.45, 2.75) is 49.2 Å². The van der Waals surface area contributed by atoms with E-state index in [1.807, 2.05) is 0 Å². The molecule has 18 heteroatoms. The van der Waals surface area contributed by atoms with Crippen molar-refractivity contribution in [1.29, 1.82) is 0 Å². The summed E-state index contributed by atoms with van der Waals surface area (Å²) in [6, 6.07) is 0. The number of halogens is 2. The van der Waals surface area contributed by atoms with Gasteiger partial charge in [-0.05, 0) is 0 Å². The summed E-state index contributed by atoms with van der Waals surface area (Å²) in [6.07, 6.45) is -5.23. The number of ether oxygens (including phenoxy) is 2. The zero-order valence-electron chi connectivity index (χ0n) is 19.4. The van der Waals surface area contributed by atoms with Crippen LogP contribution < -0.4 is 11.5 Å². The molecule has 0 unspecified atom stereocenters. The maximum atomic E-state index is 14.0. The molecule has 0 radical (unpaired) electrons. The van der Waals surface area contributed by atoms with E-state index in [9.17, 15) is 19.0 Å². The molecule has 2 aliphatic rings. The molecule has 0 amide bonds. The van der Waals surface area contributed by atoms with Crippen LogP contribution in [0.3, 0.4) is 0 Å². The van der Waals surface area contributed by atoms with Gasteiger partial charge in [-0.2, -0.15) is 0 Å². The van der Waals surface area contributed by atoms with Crippen molar-refractivity contribution in [3.05, 3.63) is 25.3 Å². The van der Waals surface area contributed by atoms with Crippen LogP contribution in [0.2, 0.25) is 0 Å². The lowest BCUT2D eigenvalue weighted by Crippen LogP contribution is -2.30. The average molecular weight is 538 g/mol. The standard InChI is InChI=1S/2C10H12FN5O3/c2*11-5-7(18)4(1-17)19-10(5)16-3-15-6-8(12)13-2-14-9(6)16/h2*2-5,7,10,17-18H,1H2,(H2,12,13,14)/t2*4-,5-,7-,10-/m11/s1. The third kappa shape index (κ3) is 4.25. The number of fused-ring (bicyclic) bond motifs is 2. The normalized spacial score (nSPS) is 31.1. The van der Waals surface area contributed by atoms with E-state index in [0.29, 0.717) is 22.3 Å². The topological polar surface area (TPSA) is 239 Å². The molecule has 6 rings (SSSR count). The van der Waals surface area contributed by atoms with Crippen LogP contribution in [0.5, 0.6) is 0 Å². The zero-order chi connectivity index (χ0) is 27.1. The number of anilines is 2. The number of alkyl halides is 2. The Hall–Kier alpha value is -3.68. The molecule has 4 aromatic heterocycles. The molecule has 2 fully saturated rings. The Bertz CT molecular complexity index is 1320. The number of nitrogen functional groups attached to an aromatic ring is 2. The van der Waals surface area contributed by atoms with Crippen LogP contribution in [-0.4, -0.2) is 109 Å². The van der Waals surface area contributed by atoms with Crippen LogP contribution in [0, 0.1) is 0 Å². The minimum Gasteiger partial charge on any atom is -0.394 e. The average Bonchev–Trinajstić information content (AvgIpc) is 3.67. The van der Waals surface area contributed by atoms with Gasteiger partial charge in [-0.25, -0.2) is 38.7 Å². The third-order valence-electron chi connectivity index (χ3n) is 6.27. The fourth-order valence-corrected chi connectivity index (χ4v) is 4.27. The molecule has 0 aliphatic carbocycles. The number of imidazole rings is 2. The first-order valence-corrected chi connectivity index (χ1v) is 11.3. The van der Waals surface area contributed by atoms with E-state index in [-0.39, 0.29) is 11.6 Å². The summed E-state index contributed by atoms with van der Waals surface area (Å²) in [7, 11) is 0. The lowest BCUT2D eigenvalue weighted by molar-refractivity contribution is -0.0459. The second-order valence-corrected chi connectivity index (χ2v) is 8.53. The summed E-state index contributed by atoms with van der Waals surface area (Å²) in [5, 5.41) is 37.2. The van der Waals surface area contributed by atoms with Crippen LogP contribution in [0.4, 0.5) is 20.4 Å². The van der Waals surface area contributed by atoms with Gasteiger partial charge in [-0.3, -0.25) is 9.13 Å². The Morgan fingerprint density at radius 1 is 0.711 bits per heavy atom.